The summed E-state index contributed by atoms with van der Waals surface area (Å²) < 4.78 is 1.95. The van der Waals surface area contributed by atoms with E-state index < -0.39 is 0 Å². The third-order valence-corrected chi connectivity index (χ3v) is 2.31. The Balaban J connectivity index is 0.000000810. The number of halogens is 1. The molecule has 0 spiro atoms. The van der Waals surface area contributed by atoms with Crippen LogP contribution < -0.4 is 10.6 Å². The SMILES string of the molecule is Cc1csc(=NN)n1C.Cl. The maximum atomic E-state index is 5.08. The van der Waals surface area contributed by atoms with Gasteiger partial charge in [-0.2, -0.15) is 5.10 Å². The summed E-state index contributed by atoms with van der Waals surface area (Å²) in [5.74, 6) is 5.08. The lowest BCUT2D eigenvalue weighted by Gasteiger charge is -1.90. The van der Waals surface area contributed by atoms with Gasteiger partial charge in [0.15, 0.2) is 0 Å². The molecule has 10 heavy (non-hydrogen) atoms. The normalized spacial score (nSPS) is 11.2. The number of rotatable bonds is 0. The van der Waals surface area contributed by atoms with Gasteiger partial charge in [0.1, 0.15) is 0 Å². The molecule has 0 aromatic carbocycles. The van der Waals surface area contributed by atoms with E-state index in [1.54, 1.807) is 11.3 Å². The van der Waals surface area contributed by atoms with E-state index in [9.17, 15) is 0 Å². The standard InChI is InChI=1S/C5H9N3S.ClH/c1-4-3-9-5(7-6)8(4)2;/h3H,6H2,1-2H3;1H. The van der Waals surface area contributed by atoms with Crippen LogP contribution >= 0.6 is 23.7 Å². The predicted octanol–water partition coefficient (Wildman–Crippen LogP) is 0.591. The number of aromatic nitrogens is 1. The number of hydrogen-bond donors (Lipinski definition) is 1. The molecule has 0 unspecified atom stereocenters. The van der Waals surface area contributed by atoms with Crippen molar-refractivity contribution in [2.24, 2.45) is 18.0 Å². The lowest BCUT2D eigenvalue weighted by atomic mass is 10.6. The van der Waals surface area contributed by atoms with Crippen molar-refractivity contribution in [3.63, 3.8) is 0 Å². The Kier molecular flexibility index (Phi) is 3.46. The summed E-state index contributed by atoms with van der Waals surface area (Å²) in [7, 11) is 1.94. The molecule has 0 aliphatic rings. The Hall–Kier alpha value is -0.480. The summed E-state index contributed by atoms with van der Waals surface area (Å²) in [5, 5.41) is 5.59. The fourth-order valence-electron chi connectivity index (χ4n) is 0.564. The number of hydrogen-bond acceptors (Lipinski definition) is 3. The minimum Gasteiger partial charge on any atom is -0.323 e. The second kappa shape index (κ2) is 3.63. The highest BCUT2D eigenvalue weighted by molar-refractivity contribution is 7.07. The number of nitrogens with two attached hydrogens (primary N) is 1. The van der Waals surface area contributed by atoms with Crippen LogP contribution in [0.3, 0.4) is 0 Å². The molecule has 1 aromatic rings. The first-order chi connectivity index (χ1) is 4.25. The van der Waals surface area contributed by atoms with E-state index in [4.69, 9.17) is 5.84 Å². The molecule has 3 nitrogen and oxygen atoms in total. The van der Waals surface area contributed by atoms with Crippen molar-refractivity contribution in [2.45, 2.75) is 6.92 Å². The second-order valence-corrected chi connectivity index (χ2v) is 2.68. The highest BCUT2D eigenvalue weighted by Gasteiger charge is 1.91. The molecular formula is C5H10ClN3S. The monoisotopic (exact) mass is 179 g/mol. The molecule has 0 bridgehead atoms. The zero-order chi connectivity index (χ0) is 6.85. The second-order valence-electron chi connectivity index (χ2n) is 1.85. The maximum Gasteiger partial charge on any atom is 0.207 e. The van der Waals surface area contributed by atoms with Crippen molar-refractivity contribution in [3.05, 3.63) is 15.9 Å². The average molecular weight is 180 g/mol. The molecule has 58 valence electrons. The minimum absolute atomic E-state index is 0. The van der Waals surface area contributed by atoms with Gasteiger partial charge < -0.3 is 10.4 Å². The van der Waals surface area contributed by atoms with Crippen LogP contribution in [0.2, 0.25) is 0 Å². The van der Waals surface area contributed by atoms with Crippen LogP contribution in [0.25, 0.3) is 0 Å². The smallest absolute Gasteiger partial charge is 0.207 e. The van der Waals surface area contributed by atoms with Gasteiger partial charge in [0.05, 0.1) is 0 Å². The van der Waals surface area contributed by atoms with Crippen molar-refractivity contribution in [1.82, 2.24) is 4.57 Å². The van der Waals surface area contributed by atoms with E-state index in [1.807, 2.05) is 23.9 Å². The third kappa shape index (κ3) is 1.52. The first-order valence-corrected chi connectivity index (χ1v) is 3.48. The first-order valence-electron chi connectivity index (χ1n) is 2.60. The molecule has 0 atom stereocenters. The van der Waals surface area contributed by atoms with Crippen LogP contribution in [0.5, 0.6) is 0 Å². The molecule has 0 saturated heterocycles. The van der Waals surface area contributed by atoms with Gasteiger partial charge in [-0.05, 0) is 6.92 Å². The van der Waals surface area contributed by atoms with E-state index in [-0.39, 0.29) is 12.4 Å². The number of thiazole rings is 1. The Morgan fingerprint density at radius 3 is 2.50 bits per heavy atom. The molecule has 0 aliphatic heterocycles. The van der Waals surface area contributed by atoms with Crippen LogP contribution in [-0.2, 0) is 7.05 Å². The van der Waals surface area contributed by atoms with Crippen molar-refractivity contribution in [3.8, 4) is 0 Å². The first kappa shape index (κ1) is 9.52. The topological polar surface area (TPSA) is 43.3 Å². The molecule has 0 aliphatic carbocycles. The van der Waals surface area contributed by atoms with Gasteiger partial charge in [-0.1, -0.05) is 0 Å². The Labute approximate surface area is 69.6 Å². The van der Waals surface area contributed by atoms with Gasteiger partial charge in [-0.3, -0.25) is 0 Å². The Morgan fingerprint density at radius 2 is 2.30 bits per heavy atom. The maximum absolute atomic E-state index is 5.08. The van der Waals surface area contributed by atoms with E-state index in [2.05, 4.69) is 5.10 Å². The van der Waals surface area contributed by atoms with Crippen molar-refractivity contribution < 1.29 is 0 Å². The predicted molar refractivity (Wildman–Crippen MR) is 45.0 cm³/mol. The lowest BCUT2D eigenvalue weighted by Crippen LogP contribution is -2.13. The van der Waals surface area contributed by atoms with Crippen LogP contribution in [-0.4, -0.2) is 4.57 Å². The average Bonchev–Trinajstić information content (AvgIpc) is 2.15. The van der Waals surface area contributed by atoms with Crippen molar-refractivity contribution in [2.75, 3.05) is 0 Å². The Morgan fingerprint density at radius 1 is 1.70 bits per heavy atom. The number of aryl methyl sites for hydroxylation is 1. The summed E-state index contributed by atoms with van der Waals surface area (Å²) in [4.78, 5) is 0.854. The quantitative estimate of drug-likeness (QED) is 0.460. The van der Waals surface area contributed by atoms with Crippen molar-refractivity contribution in [1.29, 1.82) is 0 Å². The minimum atomic E-state index is 0. The summed E-state index contributed by atoms with van der Waals surface area (Å²) in [5.41, 5.74) is 1.18. The Bertz CT molecular complexity index is 262. The molecule has 0 saturated carbocycles. The van der Waals surface area contributed by atoms with Crippen LogP contribution in [0, 0.1) is 6.92 Å². The highest BCUT2D eigenvalue weighted by Crippen LogP contribution is 1.94. The molecular weight excluding hydrogens is 170 g/mol. The van der Waals surface area contributed by atoms with Gasteiger partial charge in [0.2, 0.25) is 4.80 Å². The third-order valence-electron chi connectivity index (χ3n) is 1.26. The zero-order valence-corrected chi connectivity index (χ0v) is 7.50. The van der Waals surface area contributed by atoms with Crippen LogP contribution in [0.4, 0.5) is 0 Å². The van der Waals surface area contributed by atoms with Gasteiger partial charge in [0, 0.05) is 18.1 Å². The molecule has 0 radical (unpaired) electrons. The molecule has 5 heteroatoms. The summed E-state index contributed by atoms with van der Waals surface area (Å²) in [6, 6.07) is 0. The molecule has 1 aromatic heterocycles. The van der Waals surface area contributed by atoms with E-state index >= 15 is 0 Å². The fraction of sp³-hybridized carbons (Fsp3) is 0.400. The summed E-state index contributed by atoms with van der Waals surface area (Å²) in [6.07, 6.45) is 0. The molecule has 1 heterocycles. The van der Waals surface area contributed by atoms with Crippen LogP contribution in [0.1, 0.15) is 5.69 Å². The molecule has 0 fully saturated rings. The van der Waals surface area contributed by atoms with Gasteiger partial charge in [0.25, 0.3) is 0 Å². The van der Waals surface area contributed by atoms with Crippen LogP contribution in [0.15, 0.2) is 10.5 Å². The van der Waals surface area contributed by atoms with E-state index in [0.717, 1.165) is 4.80 Å². The van der Waals surface area contributed by atoms with E-state index in [1.165, 1.54) is 5.69 Å². The largest absolute Gasteiger partial charge is 0.323 e. The molecule has 0 amide bonds. The molecule has 2 N–H and O–H groups in total. The molecule has 1 rings (SSSR count). The lowest BCUT2D eigenvalue weighted by molar-refractivity contribution is 0.820. The van der Waals surface area contributed by atoms with Crippen molar-refractivity contribution >= 4 is 23.7 Å². The fourth-order valence-corrected chi connectivity index (χ4v) is 1.36. The summed E-state index contributed by atoms with van der Waals surface area (Å²) in [6.45, 7) is 2.02. The number of nitrogens with zero attached hydrogens (tertiary/aromatic N) is 2. The van der Waals surface area contributed by atoms with Gasteiger partial charge >= 0.3 is 0 Å². The van der Waals surface area contributed by atoms with Gasteiger partial charge in [-0.25, -0.2) is 0 Å². The summed E-state index contributed by atoms with van der Waals surface area (Å²) >= 11 is 1.55. The zero-order valence-electron chi connectivity index (χ0n) is 5.87. The van der Waals surface area contributed by atoms with Gasteiger partial charge in [-0.15, -0.1) is 23.7 Å². The van der Waals surface area contributed by atoms with E-state index in [0.29, 0.717) is 0 Å². The highest BCUT2D eigenvalue weighted by atomic mass is 35.5.